The molecule has 0 aromatic carbocycles. The number of hydrogen-bond acceptors (Lipinski definition) is 4. The second-order valence-electron chi connectivity index (χ2n) is 5.34. The van der Waals surface area contributed by atoms with Crippen molar-refractivity contribution < 1.29 is 4.79 Å². The molecule has 19 heavy (non-hydrogen) atoms. The number of rotatable bonds is 5. The first kappa shape index (κ1) is 13.8. The summed E-state index contributed by atoms with van der Waals surface area (Å²) >= 11 is 0. The fourth-order valence-corrected chi connectivity index (χ4v) is 2.01. The van der Waals surface area contributed by atoms with Crippen molar-refractivity contribution in [2.24, 2.45) is 11.8 Å². The van der Waals surface area contributed by atoms with Gasteiger partial charge in [-0.1, -0.05) is 13.0 Å². The molecule has 1 aliphatic rings. The van der Waals surface area contributed by atoms with Crippen LogP contribution in [0.2, 0.25) is 0 Å². The van der Waals surface area contributed by atoms with Gasteiger partial charge in [-0.15, -0.1) is 0 Å². The number of carbonyl (C=O) groups is 1. The zero-order chi connectivity index (χ0) is 13.8. The van der Waals surface area contributed by atoms with E-state index in [-0.39, 0.29) is 11.8 Å². The van der Waals surface area contributed by atoms with Gasteiger partial charge in [0.1, 0.15) is 5.82 Å². The van der Waals surface area contributed by atoms with Crippen LogP contribution >= 0.6 is 0 Å². The SMILES string of the molecule is CC(C(=O)NCc1ccc(N(C)C)nc1)C1CNC1. The fraction of sp³-hybridized carbons (Fsp3) is 0.571. The lowest BCUT2D eigenvalue weighted by molar-refractivity contribution is -0.126. The number of pyridine rings is 1. The van der Waals surface area contributed by atoms with E-state index in [1.165, 1.54) is 0 Å². The van der Waals surface area contributed by atoms with Crippen LogP contribution in [0.15, 0.2) is 18.3 Å². The summed E-state index contributed by atoms with van der Waals surface area (Å²) in [5, 5.41) is 6.17. The summed E-state index contributed by atoms with van der Waals surface area (Å²) in [6.45, 7) is 4.44. The molecule has 1 saturated heterocycles. The molecule has 0 aliphatic carbocycles. The minimum absolute atomic E-state index is 0.0789. The van der Waals surface area contributed by atoms with Gasteiger partial charge in [-0.2, -0.15) is 0 Å². The smallest absolute Gasteiger partial charge is 0.223 e. The van der Waals surface area contributed by atoms with Crippen LogP contribution in [0.25, 0.3) is 0 Å². The molecule has 1 aliphatic heterocycles. The molecule has 2 heterocycles. The van der Waals surface area contributed by atoms with Crippen molar-refractivity contribution in [3.63, 3.8) is 0 Å². The molecule has 0 spiro atoms. The standard InChI is InChI=1S/C14H22N4O/c1-10(12-8-15-9-12)14(19)17-7-11-4-5-13(16-6-11)18(2)3/h4-6,10,12,15H,7-9H2,1-3H3,(H,17,19). The molecular weight excluding hydrogens is 240 g/mol. The van der Waals surface area contributed by atoms with Gasteiger partial charge in [0.25, 0.3) is 0 Å². The van der Waals surface area contributed by atoms with Crippen LogP contribution in [-0.2, 0) is 11.3 Å². The highest BCUT2D eigenvalue weighted by atomic mass is 16.1. The average Bonchev–Trinajstić information content (AvgIpc) is 2.34. The van der Waals surface area contributed by atoms with Gasteiger partial charge >= 0.3 is 0 Å². The highest BCUT2D eigenvalue weighted by Crippen LogP contribution is 2.16. The second-order valence-corrected chi connectivity index (χ2v) is 5.34. The molecule has 0 bridgehead atoms. The minimum Gasteiger partial charge on any atom is -0.363 e. The average molecular weight is 262 g/mol. The van der Waals surface area contributed by atoms with Crippen LogP contribution in [0, 0.1) is 11.8 Å². The zero-order valence-electron chi connectivity index (χ0n) is 11.8. The minimum atomic E-state index is 0.0789. The molecule has 0 saturated carbocycles. The number of carbonyl (C=O) groups excluding carboxylic acids is 1. The molecule has 2 rings (SSSR count). The Morgan fingerprint density at radius 3 is 2.74 bits per heavy atom. The number of nitrogens with one attached hydrogen (secondary N) is 2. The van der Waals surface area contributed by atoms with E-state index in [4.69, 9.17) is 0 Å². The second kappa shape index (κ2) is 6.02. The van der Waals surface area contributed by atoms with Crippen molar-refractivity contribution in [3.05, 3.63) is 23.9 Å². The maximum absolute atomic E-state index is 12.0. The van der Waals surface area contributed by atoms with Gasteiger partial charge in [-0.3, -0.25) is 4.79 Å². The normalized spacial score (nSPS) is 16.6. The number of aromatic nitrogens is 1. The summed E-state index contributed by atoms with van der Waals surface area (Å²) in [7, 11) is 3.91. The van der Waals surface area contributed by atoms with Crippen LogP contribution in [0.1, 0.15) is 12.5 Å². The molecule has 5 heteroatoms. The zero-order valence-corrected chi connectivity index (χ0v) is 11.8. The molecule has 5 nitrogen and oxygen atoms in total. The van der Waals surface area contributed by atoms with Crippen molar-refractivity contribution in [1.82, 2.24) is 15.6 Å². The lowest BCUT2D eigenvalue weighted by atomic mass is 9.88. The van der Waals surface area contributed by atoms with Gasteiger partial charge in [-0.25, -0.2) is 4.98 Å². The summed E-state index contributed by atoms with van der Waals surface area (Å²) in [5.74, 6) is 1.61. The topological polar surface area (TPSA) is 57.3 Å². The molecule has 1 aromatic heterocycles. The molecule has 1 amide bonds. The summed E-state index contributed by atoms with van der Waals surface area (Å²) in [5.41, 5.74) is 1.03. The van der Waals surface area contributed by atoms with Gasteiger partial charge in [-0.05, 0) is 30.6 Å². The summed E-state index contributed by atoms with van der Waals surface area (Å²) in [6.07, 6.45) is 1.81. The summed E-state index contributed by atoms with van der Waals surface area (Å²) in [4.78, 5) is 18.2. The van der Waals surface area contributed by atoms with Crippen LogP contribution in [-0.4, -0.2) is 38.1 Å². The number of amides is 1. The maximum atomic E-state index is 12.0. The fourth-order valence-electron chi connectivity index (χ4n) is 2.01. The van der Waals surface area contributed by atoms with E-state index in [1.54, 1.807) is 0 Å². The van der Waals surface area contributed by atoms with Crippen LogP contribution < -0.4 is 15.5 Å². The van der Waals surface area contributed by atoms with E-state index in [0.717, 1.165) is 24.5 Å². The van der Waals surface area contributed by atoms with E-state index >= 15 is 0 Å². The van der Waals surface area contributed by atoms with E-state index in [9.17, 15) is 4.79 Å². The van der Waals surface area contributed by atoms with Crippen LogP contribution in [0.5, 0.6) is 0 Å². The lowest BCUT2D eigenvalue weighted by Crippen LogP contribution is -2.49. The third kappa shape index (κ3) is 3.44. The molecule has 104 valence electrons. The molecule has 1 atom stereocenters. The molecule has 2 N–H and O–H groups in total. The molecule has 1 fully saturated rings. The Bertz CT molecular complexity index is 426. The summed E-state index contributed by atoms with van der Waals surface area (Å²) < 4.78 is 0. The first-order chi connectivity index (χ1) is 9.08. The van der Waals surface area contributed by atoms with Gasteiger partial charge < -0.3 is 15.5 Å². The Labute approximate surface area is 114 Å². The predicted molar refractivity (Wildman–Crippen MR) is 75.9 cm³/mol. The van der Waals surface area contributed by atoms with Crippen molar-refractivity contribution in [2.45, 2.75) is 13.5 Å². The Morgan fingerprint density at radius 1 is 1.53 bits per heavy atom. The van der Waals surface area contributed by atoms with Gasteiger partial charge in [0.2, 0.25) is 5.91 Å². The van der Waals surface area contributed by atoms with Gasteiger partial charge in [0.15, 0.2) is 0 Å². The van der Waals surface area contributed by atoms with Crippen molar-refractivity contribution in [2.75, 3.05) is 32.1 Å². The van der Waals surface area contributed by atoms with E-state index in [0.29, 0.717) is 12.5 Å². The Hall–Kier alpha value is -1.62. The number of nitrogens with zero attached hydrogens (tertiary/aromatic N) is 2. The van der Waals surface area contributed by atoms with E-state index in [1.807, 2.05) is 44.2 Å². The Morgan fingerprint density at radius 2 is 2.26 bits per heavy atom. The summed E-state index contributed by atoms with van der Waals surface area (Å²) in [6, 6.07) is 3.96. The van der Waals surface area contributed by atoms with Crippen molar-refractivity contribution in [1.29, 1.82) is 0 Å². The number of anilines is 1. The van der Waals surface area contributed by atoms with Crippen LogP contribution in [0.3, 0.4) is 0 Å². The number of hydrogen-bond donors (Lipinski definition) is 2. The molecule has 1 aromatic rings. The van der Waals surface area contributed by atoms with Gasteiger partial charge in [0.05, 0.1) is 0 Å². The maximum Gasteiger partial charge on any atom is 0.223 e. The lowest BCUT2D eigenvalue weighted by Gasteiger charge is -2.31. The highest BCUT2D eigenvalue weighted by Gasteiger charge is 2.28. The Kier molecular flexibility index (Phi) is 4.37. The molecule has 0 radical (unpaired) electrons. The van der Waals surface area contributed by atoms with E-state index < -0.39 is 0 Å². The van der Waals surface area contributed by atoms with Gasteiger partial charge in [0, 0.05) is 32.8 Å². The van der Waals surface area contributed by atoms with Crippen molar-refractivity contribution >= 4 is 11.7 Å². The molecule has 1 unspecified atom stereocenters. The van der Waals surface area contributed by atoms with Crippen molar-refractivity contribution in [3.8, 4) is 0 Å². The first-order valence-electron chi connectivity index (χ1n) is 6.68. The highest BCUT2D eigenvalue weighted by molar-refractivity contribution is 5.78. The molecular formula is C14H22N4O. The third-order valence-corrected chi connectivity index (χ3v) is 3.67. The quantitative estimate of drug-likeness (QED) is 0.817. The van der Waals surface area contributed by atoms with Crippen LogP contribution in [0.4, 0.5) is 5.82 Å². The monoisotopic (exact) mass is 262 g/mol. The predicted octanol–water partition coefficient (Wildman–Crippen LogP) is 0.619. The third-order valence-electron chi connectivity index (χ3n) is 3.67. The van der Waals surface area contributed by atoms with E-state index in [2.05, 4.69) is 15.6 Å². The Balaban J connectivity index is 1.82. The first-order valence-corrected chi connectivity index (χ1v) is 6.68. The largest absolute Gasteiger partial charge is 0.363 e.